The molecule has 0 bridgehead atoms. The molecule has 0 aliphatic heterocycles. The number of nitrogens with one attached hydrogen (secondary N) is 1. The number of carbonyl (C=O) groups excluding carboxylic acids is 1. The van der Waals surface area contributed by atoms with Crippen molar-refractivity contribution >= 4 is 17.5 Å². The van der Waals surface area contributed by atoms with Crippen LogP contribution in [0.4, 0.5) is 5.69 Å². The molecule has 27 heavy (non-hydrogen) atoms. The van der Waals surface area contributed by atoms with Gasteiger partial charge in [0.15, 0.2) is 0 Å². The van der Waals surface area contributed by atoms with Crippen LogP contribution in [0.2, 0.25) is 0 Å². The van der Waals surface area contributed by atoms with E-state index in [4.69, 9.17) is 15.9 Å². The lowest BCUT2D eigenvalue weighted by molar-refractivity contribution is -0.129. The molecule has 0 saturated carbocycles. The number of benzene rings is 2. The van der Waals surface area contributed by atoms with Crippen molar-refractivity contribution in [3.63, 3.8) is 0 Å². The van der Waals surface area contributed by atoms with Crippen LogP contribution in [0.15, 0.2) is 43.0 Å². The number of phenolic OH excluding ortho intramolecular Hbond substituents is 1. The molecule has 2 aromatic carbocycles. The Morgan fingerprint density at radius 3 is 2.48 bits per heavy atom. The van der Waals surface area contributed by atoms with Crippen LogP contribution in [-0.2, 0) is 4.79 Å². The first-order valence-electron chi connectivity index (χ1n) is 8.75. The maximum absolute atomic E-state index is 11.7. The summed E-state index contributed by atoms with van der Waals surface area (Å²) < 4.78 is 5.32. The summed E-state index contributed by atoms with van der Waals surface area (Å²) in [7, 11) is 0. The molecule has 0 heterocycles. The summed E-state index contributed by atoms with van der Waals surface area (Å²) in [5.74, 6) is -0.324. The number of nitrogen functional groups attached to an aromatic ring is 1. The minimum atomic E-state index is -0.583. The fourth-order valence-corrected chi connectivity index (χ4v) is 3.11. The lowest BCUT2D eigenvalue weighted by Gasteiger charge is -2.26. The van der Waals surface area contributed by atoms with Gasteiger partial charge in [-0.15, -0.1) is 0 Å². The van der Waals surface area contributed by atoms with Gasteiger partial charge in [0.25, 0.3) is 0 Å². The van der Waals surface area contributed by atoms with Crippen molar-refractivity contribution in [2.75, 3.05) is 18.0 Å². The largest absolute Gasteiger partial charge is 0.507 e. The predicted molar refractivity (Wildman–Crippen MR) is 109 cm³/mol. The summed E-state index contributed by atoms with van der Waals surface area (Å²) in [5.41, 5.74) is 8.81. The van der Waals surface area contributed by atoms with E-state index in [2.05, 4.69) is 11.5 Å². The first kappa shape index (κ1) is 20.0. The van der Waals surface area contributed by atoms with Crippen LogP contribution >= 0.6 is 0 Å². The lowest BCUT2D eigenvalue weighted by Crippen LogP contribution is -2.23. The van der Waals surface area contributed by atoms with E-state index >= 15 is 0 Å². The van der Waals surface area contributed by atoms with Crippen molar-refractivity contribution in [3.8, 4) is 22.6 Å². The molecular formula is C21H25N3O3. The van der Waals surface area contributed by atoms with Gasteiger partial charge >= 0.3 is 5.97 Å². The van der Waals surface area contributed by atoms with Gasteiger partial charge in [0, 0.05) is 47.1 Å². The summed E-state index contributed by atoms with van der Waals surface area (Å²) in [6.45, 7) is 10.7. The molecule has 6 heteroatoms. The smallest absolute Gasteiger partial charge is 0.335 e. The third kappa shape index (κ3) is 3.95. The van der Waals surface area contributed by atoms with Gasteiger partial charge in [0.05, 0.1) is 0 Å². The van der Waals surface area contributed by atoms with E-state index in [1.807, 2.05) is 19.9 Å². The Bertz CT molecular complexity index is 886. The zero-order valence-corrected chi connectivity index (χ0v) is 15.9. The second kappa shape index (κ2) is 8.40. The third-order valence-corrected chi connectivity index (χ3v) is 4.46. The maximum atomic E-state index is 11.7. The van der Waals surface area contributed by atoms with E-state index in [1.165, 1.54) is 0 Å². The minimum Gasteiger partial charge on any atom is -0.507 e. The SMILES string of the molecule is C=CC(=O)Oc1ccc(C(=N)N)c(-c2c(O)cccc2N(CC)CC)c1C. The van der Waals surface area contributed by atoms with E-state index in [9.17, 15) is 9.90 Å². The number of hydrogen-bond donors (Lipinski definition) is 3. The Morgan fingerprint density at radius 1 is 1.26 bits per heavy atom. The number of hydrogen-bond acceptors (Lipinski definition) is 5. The number of carbonyl (C=O) groups is 1. The second-order valence-electron chi connectivity index (χ2n) is 5.99. The average Bonchev–Trinajstić information content (AvgIpc) is 2.64. The van der Waals surface area contributed by atoms with Crippen LogP contribution in [0.3, 0.4) is 0 Å². The molecule has 142 valence electrons. The Labute approximate surface area is 159 Å². The Hall–Kier alpha value is -3.28. The van der Waals surface area contributed by atoms with Crippen LogP contribution in [-0.4, -0.2) is 30.0 Å². The van der Waals surface area contributed by atoms with Gasteiger partial charge in [-0.05, 0) is 45.0 Å². The van der Waals surface area contributed by atoms with Gasteiger partial charge in [0.2, 0.25) is 0 Å². The number of aromatic hydroxyl groups is 1. The van der Waals surface area contributed by atoms with Gasteiger partial charge in [-0.1, -0.05) is 12.6 Å². The molecule has 0 radical (unpaired) electrons. The van der Waals surface area contributed by atoms with E-state index in [0.29, 0.717) is 28.0 Å². The highest BCUT2D eigenvalue weighted by Crippen LogP contribution is 2.43. The van der Waals surface area contributed by atoms with E-state index in [0.717, 1.165) is 24.9 Å². The molecule has 0 aliphatic rings. The summed E-state index contributed by atoms with van der Waals surface area (Å²) in [4.78, 5) is 13.8. The fraction of sp³-hybridized carbons (Fsp3) is 0.238. The maximum Gasteiger partial charge on any atom is 0.335 e. The van der Waals surface area contributed by atoms with E-state index in [1.54, 1.807) is 31.2 Å². The number of anilines is 1. The van der Waals surface area contributed by atoms with Crippen molar-refractivity contribution in [3.05, 3.63) is 54.1 Å². The molecule has 2 aromatic rings. The fourth-order valence-electron chi connectivity index (χ4n) is 3.11. The highest BCUT2D eigenvalue weighted by atomic mass is 16.5. The van der Waals surface area contributed by atoms with Crippen LogP contribution in [0, 0.1) is 12.3 Å². The molecule has 0 atom stereocenters. The molecule has 0 amide bonds. The Kier molecular flexibility index (Phi) is 6.23. The van der Waals surface area contributed by atoms with Gasteiger partial charge < -0.3 is 20.5 Å². The zero-order chi connectivity index (χ0) is 20.1. The van der Waals surface area contributed by atoms with Gasteiger partial charge in [-0.2, -0.15) is 0 Å². The van der Waals surface area contributed by atoms with Crippen molar-refractivity contribution in [1.29, 1.82) is 5.41 Å². The molecule has 0 fully saturated rings. The zero-order valence-electron chi connectivity index (χ0n) is 15.9. The normalized spacial score (nSPS) is 10.3. The number of amidine groups is 1. The van der Waals surface area contributed by atoms with Crippen LogP contribution in [0.1, 0.15) is 25.0 Å². The number of esters is 1. The number of ether oxygens (including phenoxy) is 1. The quantitative estimate of drug-likeness (QED) is 0.228. The third-order valence-electron chi connectivity index (χ3n) is 4.46. The lowest BCUT2D eigenvalue weighted by atomic mass is 9.91. The molecular weight excluding hydrogens is 342 g/mol. The number of phenols is 1. The van der Waals surface area contributed by atoms with Crippen molar-refractivity contribution in [2.24, 2.45) is 5.73 Å². The topological polar surface area (TPSA) is 99.6 Å². The van der Waals surface area contributed by atoms with Crippen molar-refractivity contribution in [1.82, 2.24) is 0 Å². The molecule has 0 spiro atoms. The summed E-state index contributed by atoms with van der Waals surface area (Å²) in [5, 5.41) is 18.6. The van der Waals surface area contributed by atoms with E-state index < -0.39 is 5.97 Å². The summed E-state index contributed by atoms with van der Waals surface area (Å²) >= 11 is 0. The number of rotatable bonds is 7. The van der Waals surface area contributed by atoms with Gasteiger partial charge in [0.1, 0.15) is 17.3 Å². The first-order chi connectivity index (χ1) is 12.8. The average molecular weight is 367 g/mol. The monoisotopic (exact) mass is 367 g/mol. The minimum absolute atomic E-state index is 0.0668. The molecule has 0 aliphatic carbocycles. The molecule has 4 N–H and O–H groups in total. The van der Waals surface area contributed by atoms with Crippen molar-refractivity contribution < 1.29 is 14.6 Å². The van der Waals surface area contributed by atoms with Crippen LogP contribution in [0.25, 0.3) is 11.1 Å². The number of nitrogens with zero attached hydrogens (tertiary/aromatic N) is 1. The Balaban J connectivity index is 2.84. The number of nitrogens with two attached hydrogens (primary N) is 1. The Morgan fingerprint density at radius 2 is 1.93 bits per heavy atom. The molecule has 0 aromatic heterocycles. The van der Waals surface area contributed by atoms with Crippen molar-refractivity contribution in [2.45, 2.75) is 20.8 Å². The van der Waals surface area contributed by atoms with Gasteiger partial charge in [-0.25, -0.2) is 4.79 Å². The highest BCUT2D eigenvalue weighted by molar-refractivity contribution is 6.05. The molecule has 2 rings (SSSR count). The predicted octanol–water partition coefficient (Wildman–Crippen LogP) is 3.59. The second-order valence-corrected chi connectivity index (χ2v) is 5.99. The van der Waals surface area contributed by atoms with Gasteiger partial charge in [-0.3, -0.25) is 5.41 Å². The molecule has 0 unspecified atom stereocenters. The molecule has 0 saturated heterocycles. The standard InChI is InChI=1S/C21H25N3O3/c1-5-18(26)27-17-12-11-14(21(22)23)19(13(17)4)20-15(24(6-2)7-3)9-8-10-16(20)25/h5,8-12,25H,1,6-7H2,2-4H3,(H3,22,23). The first-order valence-corrected chi connectivity index (χ1v) is 8.75. The molecule has 6 nitrogen and oxygen atoms in total. The van der Waals surface area contributed by atoms with E-state index in [-0.39, 0.29) is 11.6 Å². The highest BCUT2D eigenvalue weighted by Gasteiger charge is 2.22. The van der Waals surface area contributed by atoms with Crippen LogP contribution < -0.4 is 15.4 Å². The summed E-state index contributed by atoms with van der Waals surface area (Å²) in [6.07, 6.45) is 1.08. The van der Waals surface area contributed by atoms with Crippen LogP contribution in [0.5, 0.6) is 11.5 Å². The summed E-state index contributed by atoms with van der Waals surface area (Å²) in [6, 6.07) is 8.49.